The van der Waals surface area contributed by atoms with E-state index in [0.29, 0.717) is 0 Å². The topological polar surface area (TPSA) is 36.5 Å². The van der Waals surface area contributed by atoms with E-state index < -0.39 is 0 Å². The van der Waals surface area contributed by atoms with Crippen LogP contribution in [0.2, 0.25) is 0 Å². The van der Waals surface area contributed by atoms with Gasteiger partial charge in [-0.2, -0.15) is 11.8 Å². The molecule has 3 atom stereocenters. The van der Waals surface area contributed by atoms with Crippen LogP contribution in [0.3, 0.4) is 0 Å². The van der Waals surface area contributed by atoms with Gasteiger partial charge in [0.25, 0.3) is 0 Å². The predicted octanol–water partition coefficient (Wildman–Crippen LogP) is 2.45. The van der Waals surface area contributed by atoms with E-state index in [9.17, 15) is 0 Å². The molecule has 0 radical (unpaired) electrons. The molecule has 0 aliphatic carbocycles. The molecule has 0 aromatic heterocycles. The highest BCUT2D eigenvalue weighted by atomic mass is 32.2. The van der Waals surface area contributed by atoms with Crippen molar-refractivity contribution in [2.75, 3.05) is 31.1 Å². The maximum absolute atomic E-state index is 6.11. The number of benzene rings is 1. The SMILES string of the molecule is c1cc(C2NNC(CN3CCCC3)O2)ccc1C1CCSC1. The zero-order valence-corrected chi connectivity index (χ0v) is 13.8. The number of hydrogen-bond donors (Lipinski definition) is 2. The van der Waals surface area contributed by atoms with Crippen LogP contribution in [0.15, 0.2) is 24.3 Å². The number of thioether (sulfide) groups is 1. The first-order chi connectivity index (χ1) is 10.9. The zero-order valence-electron chi connectivity index (χ0n) is 13.0. The average molecular weight is 319 g/mol. The van der Waals surface area contributed by atoms with E-state index in [4.69, 9.17) is 4.74 Å². The molecule has 0 saturated carbocycles. The summed E-state index contributed by atoms with van der Waals surface area (Å²) in [6.07, 6.45) is 4.03. The summed E-state index contributed by atoms with van der Waals surface area (Å²) in [5.41, 5.74) is 9.26. The van der Waals surface area contributed by atoms with E-state index >= 15 is 0 Å². The monoisotopic (exact) mass is 319 g/mol. The molecule has 4 nitrogen and oxygen atoms in total. The van der Waals surface area contributed by atoms with Crippen LogP contribution in [-0.4, -0.2) is 42.3 Å². The molecule has 3 heterocycles. The largest absolute Gasteiger partial charge is 0.337 e. The van der Waals surface area contributed by atoms with Gasteiger partial charge in [0.2, 0.25) is 0 Å². The van der Waals surface area contributed by atoms with Gasteiger partial charge < -0.3 is 4.74 Å². The summed E-state index contributed by atoms with van der Waals surface area (Å²) in [4.78, 5) is 2.47. The molecule has 2 N–H and O–H groups in total. The van der Waals surface area contributed by atoms with Gasteiger partial charge in [0.1, 0.15) is 12.5 Å². The van der Waals surface area contributed by atoms with Crippen LogP contribution in [0.4, 0.5) is 0 Å². The highest BCUT2D eigenvalue weighted by Crippen LogP contribution is 2.33. The fourth-order valence-electron chi connectivity index (χ4n) is 3.59. The highest BCUT2D eigenvalue weighted by Gasteiger charge is 2.28. The van der Waals surface area contributed by atoms with Crippen LogP contribution < -0.4 is 10.9 Å². The number of hydrogen-bond acceptors (Lipinski definition) is 5. The van der Waals surface area contributed by atoms with Gasteiger partial charge in [-0.15, -0.1) is 0 Å². The number of hydrazine groups is 1. The van der Waals surface area contributed by atoms with E-state index in [2.05, 4.69) is 51.8 Å². The van der Waals surface area contributed by atoms with Crippen molar-refractivity contribution in [3.63, 3.8) is 0 Å². The summed E-state index contributed by atoms with van der Waals surface area (Å²) in [5, 5.41) is 0. The second kappa shape index (κ2) is 6.89. The molecule has 22 heavy (non-hydrogen) atoms. The van der Waals surface area contributed by atoms with E-state index in [0.717, 1.165) is 12.5 Å². The Balaban J connectivity index is 1.34. The quantitative estimate of drug-likeness (QED) is 0.891. The Bertz CT molecular complexity index is 483. The first kappa shape index (κ1) is 15.0. The van der Waals surface area contributed by atoms with Gasteiger partial charge in [-0.25, -0.2) is 10.9 Å². The van der Waals surface area contributed by atoms with Crippen LogP contribution in [-0.2, 0) is 4.74 Å². The molecule has 3 saturated heterocycles. The van der Waals surface area contributed by atoms with E-state index in [1.807, 2.05) is 0 Å². The van der Waals surface area contributed by atoms with Crippen LogP contribution in [0.25, 0.3) is 0 Å². The lowest BCUT2D eigenvalue weighted by Gasteiger charge is -2.19. The van der Waals surface area contributed by atoms with Gasteiger partial charge in [0, 0.05) is 12.3 Å². The minimum Gasteiger partial charge on any atom is -0.337 e. The molecule has 0 spiro atoms. The molecule has 0 amide bonds. The zero-order chi connectivity index (χ0) is 14.8. The normalized spacial score (nSPS) is 32.8. The van der Waals surface area contributed by atoms with E-state index in [-0.39, 0.29) is 12.5 Å². The van der Waals surface area contributed by atoms with Gasteiger partial charge in [0.15, 0.2) is 0 Å². The van der Waals surface area contributed by atoms with E-state index in [1.165, 1.54) is 55.0 Å². The van der Waals surface area contributed by atoms with Crippen molar-refractivity contribution >= 4 is 11.8 Å². The molecule has 120 valence electrons. The second-order valence-electron chi connectivity index (χ2n) is 6.53. The summed E-state index contributed by atoms with van der Waals surface area (Å²) in [6.45, 7) is 3.39. The maximum atomic E-state index is 6.11. The van der Waals surface area contributed by atoms with Gasteiger partial charge >= 0.3 is 0 Å². The molecular weight excluding hydrogens is 294 g/mol. The number of nitrogens with zero attached hydrogens (tertiary/aromatic N) is 1. The summed E-state index contributed by atoms with van der Waals surface area (Å²) in [7, 11) is 0. The molecule has 3 fully saturated rings. The highest BCUT2D eigenvalue weighted by molar-refractivity contribution is 7.99. The fourth-order valence-corrected chi connectivity index (χ4v) is 4.85. The molecule has 3 aliphatic heterocycles. The third kappa shape index (κ3) is 3.34. The van der Waals surface area contributed by atoms with Gasteiger partial charge in [-0.05, 0) is 55.1 Å². The second-order valence-corrected chi connectivity index (χ2v) is 7.68. The molecule has 1 aromatic carbocycles. The minimum atomic E-state index is -0.0281. The molecule has 4 rings (SSSR count). The lowest BCUT2D eigenvalue weighted by molar-refractivity contribution is 0.0173. The number of nitrogens with one attached hydrogen (secondary N) is 2. The first-order valence-corrected chi connectivity index (χ1v) is 9.60. The average Bonchev–Trinajstić information content (AvgIpc) is 3.31. The number of rotatable bonds is 4. The van der Waals surface area contributed by atoms with Crippen molar-refractivity contribution in [1.29, 1.82) is 0 Å². The Morgan fingerprint density at radius 2 is 1.86 bits per heavy atom. The van der Waals surface area contributed by atoms with Crippen molar-refractivity contribution in [3.8, 4) is 0 Å². The summed E-state index contributed by atoms with van der Waals surface area (Å²) < 4.78 is 6.11. The Kier molecular flexibility index (Phi) is 4.69. The number of likely N-dealkylation sites (tertiary alicyclic amines) is 1. The smallest absolute Gasteiger partial charge is 0.148 e. The van der Waals surface area contributed by atoms with Gasteiger partial charge in [-0.1, -0.05) is 24.3 Å². The molecular formula is C17H25N3OS. The minimum absolute atomic E-state index is 0.0281. The molecule has 5 heteroatoms. The molecule has 0 bridgehead atoms. The van der Waals surface area contributed by atoms with Gasteiger partial charge in [0.05, 0.1) is 0 Å². The van der Waals surface area contributed by atoms with Crippen molar-refractivity contribution in [3.05, 3.63) is 35.4 Å². The third-order valence-electron chi connectivity index (χ3n) is 4.94. The van der Waals surface area contributed by atoms with Crippen molar-refractivity contribution in [2.45, 2.75) is 37.6 Å². The Hall–Kier alpha value is -0.590. The van der Waals surface area contributed by atoms with Crippen LogP contribution in [0, 0.1) is 0 Å². The summed E-state index contributed by atoms with van der Waals surface area (Å²) in [6, 6.07) is 9.00. The summed E-state index contributed by atoms with van der Waals surface area (Å²) in [5.74, 6) is 3.33. The van der Waals surface area contributed by atoms with Crippen molar-refractivity contribution < 1.29 is 4.74 Å². The Morgan fingerprint density at radius 3 is 2.59 bits per heavy atom. The van der Waals surface area contributed by atoms with Crippen LogP contribution in [0.1, 0.15) is 42.5 Å². The predicted molar refractivity (Wildman–Crippen MR) is 90.7 cm³/mol. The molecule has 3 unspecified atom stereocenters. The summed E-state index contributed by atoms with van der Waals surface area (Å²) >= 11 is 2.07. The molecule has 1 aromatic rings. The Labute approximate surface area is 136 Å². The fraction of sp³-hybridized carbons (Fsp3) is 0.647. The van der Waals surface area contributed by atoms with E-state index in [1.54, 1.807) is 0 Å². The van der Waals surface area contributed by atoms with Crippen molar-refractivity contribution in [1.82, 2.24) is 15.8 Å². The molecule has 3 aliphatic rings. The third-order valence-corrected chi connectivity index (χ3v) is 6.10. The van der Waals surface area contributed by atoms with Crippen LogP contribution in [0.5, 0.6) is 0 Å². The number of ether oxygens (including phenoxy) is 1. The van der Waals surface area contributed by atoms with Crippen LogP contribution >= 0.6 is 11.8 Å². The lowest BCUT2D eigenvalue weighted by Crippen LogP contribution is -2.39. The first-order valence-electron chi connectivity index (χ1n) is 8.45. The lowest BCUT2D eigenvalue weighted by atomic mass is 9.97. The maximum Gasteiger partial charge on any atom is 0.148 e. The standard InChI is InChI=1S/C17H25N3OS/c1-2-9-20(8-1)11-16-18-19-17(21-16)14-5-3-13(4-6-14)15-7-10-22-12-15/h3-6,15-19H,1-2,7-12H2. The van der Waals surface area contributed by atoms with Gasteiger partial charge in [-0.3, -0.25) is 4.90 Å². The van der Waals surface area contributed by atoms with Crippen molar-refractivity contribution in [2.24, 2.45) is 0 Å². The Morgan fingerprint density at radius 1 is 1.09 bits per heavy atom.